The van der Waals surface area contributed by atoms with E-state index in [1.54, 1.807) is 36.0 Å². The van der Waals surface area contributed by atoms with Crippen LogP contribution in [0.15, 0.2) is 29.4 Å². The van der Waals surface area contributed by atoms with Crippen LogP contribution in [0.1, 0.15) is 19.0 Å². The van der Waals surface area contributed by atoms with Gasteiger partial charge in [0.2, 0.25) is 5.88 Å². The number of amides is 1. The minimum Gasteiger partial charge on any atom is -0.482 e. The summed E-state index contributed by atoms with van der Waals surface area (Å²) in [7, 11) is 0. The van der Waals surface area contributed by atoms with Crippen LogP contribution in [0.4, 0.5) is 0 Å². The zero-order chi connectivity index (χ0) is 18.9. The molecule has 0 unspecified atom stereocenters. The van der Waals surface area contributed by atoms with Crippen LogP contribution >= 0.6 is 35.0 Å². The molecule has 0 bridgehead atoms. The number of ether oxygens (including phenoxy) is 2. The van der Waals surface area contributed by atoms with E-state index in [0.29, 0.717) is 26.8 Å². The van der Waals surface area contributed by atoms with Gasteiger partial charge in [-0.15, -0.1) is 0 Å². The molecule has 0 spiro atoms. The van der Waals surface area contributed by atoms with Gasteiger partial charge in [0.05, 0.1) is 5.02 Å². The Labute approximate surface area is 166 Å². The number of carbonyl (C=O) groups excluding carboxylic acids is 1. The van der Waals surface area contributed by atoms with Crippen molar-refractivity contribution < 1.29 is 14.3 Å². The maximum absolute atomic E-state index is 11.8. The molecule has 0 saturated carbocycles. The fourth-order valence-electron chi connectivity index (χ4n) is 1.82. The Bertz CT molecular complexity index is 762. The Kier molecular flexibility index (Phi) is 8.28. The highest BCUT2D eigenvalue weighted by Gasteiger charge is 2.08. The minimum atomic E-state index is -0.345. The summed E-state index contributed by atoms with van der Waals surface area (Å²) in [5, 5.41) is 4.09. The SMILES string of the molecule is CCCSc1nc(C)cc(OCNC(=O)COc2ccc(Cl)cc2Cl)n1. The van der Waals surface area contributed by atoms with Crippen molar-refractivity contribution >= 4 is 40.9 Å². The lowest BCUT2D eigenvalue weighted by molar-refractivity contribution is -0.124. The number of halogens is 2. The summed E-state index contributed by atoms with van der Waals surface area (Å²) < 4.78 is 10.8. The number of nitrogens with one attached hydrogen (secondary N) is 1. The van der Waals surface area contributed by atoms with Gasteiger partial charge in [-0.2, -0.15) is 4.98 Å². The van der Waals surface area contributed by atoms with Gasteiger partial charge in [0.1, 0.15) is 5.75 Å². The molecule has 140 valence electrons. The van der Waals surface area contributed by atoms with E-state index in [2.05, 4.69) is 22.2 Å². The molecule has 0 fully saturated rings. The van der Waals surface area contributed by atoms with E-state index in [4.69, 9.17) is 32.7 Å². The van der Waals surface area contributed by atoms with E-state index in [9.17, 15) is 4.79 Å². The molecular weight excluding hydrogens is 397 g/mol. The van der Waals surface area contributed by atoms with E-state index >= 15 is 0 Å². The average Bonchev–Trinajstić information content (AvgIpc) is 2.59. The Morgan fingerprint density at radius 2 is 2.04 bits per heavy atom. The molecule has 1 aromatic carbocycles. The predicted octanol–water partition coefficient (Wildman–Crippen LogP) is 4.13. The molecule has 1 heterocycles. The van der Waals surface area contributed by atoms with Crippen LogP contribution in [0, 0.1) is 6.92 Å². The molecule has 1 aromatic heterocycles. The van der Waals surface area contributed by atoms with Crippen molar-refractivity contribution in [3.8, 4) is 11.6 Å². The lowest BCUT2D eigenvalue weighted by Crippen LogP contribution is -2.32. The largest absolute Gasteiger partial charge is 0.482 e. The highest BCUT2D eigenvalue weighted by atomic mass is 35.5. The van der Waals surface area contributed by atoms with Gasteiger partial charge in [-0.3, -0.25) is 4.79 Å². The molecule has 0 aliphatic carbocycles. The number of carbonyl (C=O) groups is 1. The first-order chi connectivity index (χ1) is 12.5. The molecule has 0 radical (unpaired) electrons. The number of nitrogens with zero attached hydrogens (tertiary/aromatic N) is 2. The van der Waals surface area contributed by atoms with Crippen LogP contribution in [-0.4, -0.2) is 35.0 Å². The molecule has 0 saturated heterocycles. The number of thioether (sulfide) groups is 1. The van der Waals surface area contributed by atoms with Gasteiger partial charge in [0, 0.05) is 22.5 Å². The van der Waals surface area contributed by atoms with Crippen molar-refractivity contribution in [2.24, 2.45) is 0 Å². The topological polar surface area (TPSA) is 73.3 Å². The highest BCUT2D eigenvalue weighted by Crippen LogP contribution is 2.27. The Morgan fingerprint density at radius 1 is 1.23 bits per heavy atom. The zero-order valence-electron chi connectivity index (χ0n) is 14.4. The third-order valence-electron chi connectivity index (χ3n) is 2.99. The van der Waals surface area contributed by atoms with Gasteiger partial charge in [0.15, 0.2) is 18.5 Å². The quantitative estimate of drug-likeness (QED) is 0.377. The average molecular weight is 416 g/mol. The Balaban J connectivity index is 1.78. The lowest BCUT2D eigenvalue weighted by Gasteiger charge is -2.10. The van der Waals surface area contributed by atoms with Crippen molar-refractivity contribution in [3.63, 3.8) is 0 Å². The molecule has 2 rings (SSSR count). The van der Waals surface area contributed by atoms with Crippen molar-refractivity contribution in [1.29, 1.82) is 0 Å². The standard InChI is InChI=1S/C17H19Cl2N3O3S/c1-3-6-26-17-21-11(2)7-16(22-17)25-10-20-15(23)9-24-14-5-4-12(18)8-13(14)19/h4-5,7-8H,3,6,9-10H2,1-2H3,(H,20,23). The number of hydrogen-bond donors (Lipinski definition) is 1. The highest BCUT2D eigenvalue weighted by molar-refractivity contribution is 7.99. The number of aryl methyl sites for hydroxylation is 1. The maximum atomic E-state index is 11.8. The smallest absolute Gasteiger partial charge is 0.260 e. The first-order valence-electron chi connectivity index (χ1n) is 7.93. The van der Waals surface area contributed by atoms with Crippen LogP contribution < -0.4 is 14.8 Å². The summed E-state index contributed by atoms with van der Waals surface area (Å²) in [6.07, 6.45) is 1.03. The number of benzene rings is 1. The summed E-state index contributed by atoms with van der Waals surface area (Å²) in [6.45, 7) is 3.75. The van der Waals surface area contributed by atoms with E-state index in [0.717, 1.165) is 17.9 Å². The summed E-state index contributed by atoms with van der Waals surface area (Å²) in [6, 6.07) is 6.50. The van der Waals surface area contributed by atoms with Gasteiger partial charge >= 0.3 is 0 Å². The second-order valence-corrected chi connectivity index (χ2v) is 7.14. The van der Waals surface area contributed by atoms with Crippen LogP contribution in [0.5, 0.6) is 11.6 Å². The molecule has 0 aliphatic rings. The normalized spacial score (nSPS) is 10.5. The van der Waals surface area contributed by atoms with Gasteiger partial charge in [-0.25, -0.2) is 4.98 Å². The molecule has 1 N–H and O–H groups in total. The zero-order valence-corrected chi connectivity index (χ0v) is 16.7. The van der Waals surface area contributed by atoms with Crippen LogP contribution in [0.3, 0.4) is 0 Å². The van der Waals surface area contributed by atoms with Crippen molar-refractivity contribution in [3.05, 3.63) is 40.0 Å². The molecule has 0 atom stereocenters. The Hall–Kier alpha value is -1.70. The second kappa shape index (κ2) is 10.4. The van der Waals surface area contributed by atoms with Gasteiger partial charge < -0.3 is 14.8 Å². The third-order valence-corrected chi connectivity index (χ3v) is 4.57. The summed E-state index contributed by atoms with van der Waals surface area (Å²) in [4.78, 5) is 20.5. The number of hydrogen-bond acceptors (Lipinski definition) is 6. The van der Waals surface area contributed by atoms with Crippen LogP contribution in [0.25, 0.3) is 0 Å². The van der Waals surface area contributed by atoms with E-state index in [1.807, 2.05) is 6.92 Å². The first-order valence-corrected chi connectivity index (χ1v) is 9.68. The fraction of sp³-hybridized carbons (Fsp3) is 0.353. The summed E-state index contributed by atoms with van der Waals surface area (Å²) in [5.74, 6) is 1.39. The summed E-state index contributed by atoms with van der Waals surface area (Å²) in [5.41, 5.74) is 0.806. The fourth-order valence-corrected chi connectivity index (χ4v) is 3.04. The lowest BCUT2D eigenvalue weighted by atomic mass is 10.3. The van der Waals surface area contributed by atoms with Crippen LogP contribution in [0.2, 0.25) is 10.0 Å². The molecule has 0 aliphatic heterocycles. The van der Waals surface area contributed by atoms with Crippen molar-refractivity contribution in [1.82, 2.24) is 15.3 Å². The van der Waals surface area contributed by atoms with Crippen molar-refractivity contribution in [2.75, 3.05) is 19.1 Å². The molecule has 1 amide bonds. The second-order valence-electron chi connectivity index (χ2n) is 5.23. The van der Waals surface area contributed by atoms with Crippen LogP contribution in [-0.2, 0) is 4.79 Å². The first kappa shape index (κ1) is 20.6. The van der Waals surface area contributed by atoms with E-state index in [-0.39, 0.29) is 19.2 Å². The number of aromatic nitrogens is 2. The maximum Gasteiger partial charge on any atom is 0.260 e. The van der Waals surface area contributed by atoms with Gasteiger partial charge in [-0.05, 0) is 31.5 Å². The molecule has 9 heteroatoms. The van der Waals surface area contributed by atoms with E-state index in [1.165, 1.54) is 0 Å². The minimum absolute atomic E-state index is 0.0229. The monoisotopic (exact) mass is 415 g/mol. The Morgan fingerprint density at radius 3 is 2.77 bits per heavy atom. The number of rotatable bonds is 9. The predicted molar refractivity (Wildman–Crippen MR) is 103 cm³/mol. The molecule has 2 aromatic rings. The van der Waals surface area contributed by atoms with Gasteiger partial charge in [0.25, 0.3) is 5.91 Å². The third kappa shape index (κ3) is 6.90. The summed E-state index contributed by atoms with van der Waals surface area (Å²) >= 11 is 13.4. The van der Waals surface area contributed by atoms with Crippen molar-refractivity contribution in [2.45, 2.75) is 25.4 Å². The molecule has 6 nitrogen and oxygen atoms in total. The van der Waals surface area contributed by atoms with E-state index < -0.39 is 0 Å². The molecule has 26 heavy (non-hydrogen) atoms. The molecular formula is C17H19Cl2N3O3S. The van der Waals surface area contributed by atoms with Gasteiger partial charge in [-0.1, -0.05) is 41.9 Å².